The molecule has 0 unspecified atom stereocenters. The van der Waals surface area contributed by atoms with Gasteiger partial charge in [-0.05, 0) is 67.1 Å². The maximum Gasteiger partial charge on any atom is 0.275 e. The molecule has 2 fully saturated rings. The van der Waals surface area contributed by atoms with Crippen LogP contribution in [0.2, 0.25) is 0 Å². The number of aliphatic hydroxyl groups is 1. The smallest absolute Gasteiger partial charge is 0.275 e. The van der Waals surface area contributed by atoms with Crippen molar-refractivity contribution in [2.24, 2.45) is 7.05 Å². The van der Waals surface area contributed by atoms with E-state index in [9.17, 15) is 14.7 Å². The molecule has 1 aliphatic carbocycles. The number of benzene rings is 1. The molecule has 3 aliphatic heterocycles. The SMILES string of the molecule is Cn1cc(-c2cccc(N3CCn4c(cc5c4CCCC5)C3=O)c2CO)cc(N(c2ccccn2)N2CCN(C3COC3)CC2)c1=O. The molecule has 3 aromatic heterocycles. The highest BCUT2D eigenvalue weighted by molar-refractivity contribution is 6.07. The van der Waals surface area contributed by atoms with Crippen molar-refractivity contribution in [1.29, 1.82) is 0 Å². The lowest BCUT2D eigenvalue weighted by Gasteiger charge is -2.45. The molecule has 1 N–H and O–H groups in total. The molecule has 0 saturated carbocycles. The Morgan fingerprint density at radius 2 is 1.79 bits per heavy atom. The number of anilines is 3. The van der Waals surface area contributed by atoms with Crippen LogP contribution in [-0.4, -0.2) is 87.0 Å². The van der Waals surface area contributed by atoms with Crippen LogP contribution in [-0.2, 0) is 37.8 Å². The molecule has 0 atom stereocenters. The third-order valence-electron chi connectivity index (χ3n) is 10.3. The van der Waals surface area contributed by atoms with Crippen molar-refractivity contribution in [2.75, 3.05) is 55.8 Å². The van der Waals surface area contributed by atoms with Crippen LogP contribution < -0.4 is 15.5 Å². The molecular formula is C36H41N7O4. The summed E-state index contributed by atoms with van der Waals surface area (Å²) in [5, 5.41) is 15.0. The van der Waals surface area contributed by atoms with Gasteiger partial charge in [0.25, 0.3) is 11.5 Å². The number of piperazine rings is 1. The first-order valence-corrected chi connectivity index (χ1v) is 16.8. The first-order valence-electron chi connectivity index (χ1n) is 16.8. The highest BCUT2D eigenvalue weighted by Gasteiger charge is 2.34. The van der Waals surface area contributed by atoms with Gasteiger partial charge in [0.05, 0.1) is 31.5 Å². The van der Waals surface area contributed by atoms with Gasteiger partial charge in [0, 0.05) is 75.5 Å². The first kappa shape index (κ1) is 30.1. The minimum atomic E-state index is -0.248. The average molecular weight is 636 g/mol. The van der Waals surface area contributed by atoms with Crippen LogP contribution in [0.5, 0.6) is 0 Å². The zero-order valence-electron chi connectivity index (χ0n) is 26.8. The number of fused-ring (bicyclic) bond motifs is 3. The number of carbonyl (C=O) groups excluding carboxylic acids is 1. The molecule has 0 radical (unpaired) electrons. The second-order valence-electron chi connectivity index (χ2n) is 13.0. The van der Waals surface area contributed by atoms with Crippen LogP contribution >= 0.6 is 0 Å². The van der Waals surface area contributed by atoms with E-state index < -0.39 is 0 Å². The number of aliphatic hydroxyl groups excluding tert-OH is 1. The summed E-state index contributed by atoms with van der Waals surface area (Å²) < 4.78 is 9.24. The number of pyridine rings is 2. The van der Waals surface area contributed by atoms with Crippen molar-refractivity contribution >= 4 is 23.1 Å². The Kier molecular flexibility index (Phi) is 7.92. The minimum absolute atomic E-state index is 0.0346. The predicted molar refractivity (Wildman–Crippen MR) is 180 cm³/mol. The standard InChI is InChI=1S/C36H41N7O4/c1-38-21-26(20-33(35(38)45)43(34-11-4-5-12-37-34)40-15-13-39(14-16-40)27-23-47-24-27)28-8-6-10-31(29(28)22-44)42-18-17-41-30-9-3-2-7-25(30)19-32(41)36(42)46/h4-6,8,10-12,19-21,27,44H,2-3,7,9,13-18,22-24H2,1H3. The lowest BCUT2D eigenvalue weighted by atomic mass is 9.98. The molecule has 47 heavy (non-hydrogen) atoms. The normalized spacial score (nSPS) is 18.9. The summed E-state index contributed by atoms with van der Waals surface area (Å²) in [5.74, 6) is 0.635. The van der Waals surface area contributed by atoms with Gasteiger partial charge in [0.15, 0.2) is 0 Å². The zero-order valence-corrected chi connectivity index (χ0v) is 26.8. The van der Waals surface area contributed by atoms with E-state index in [1.165, 1.54) is 11.3 Å². The number of aryl methyl sites for hydroxylation is 2. The van der Waals surface area contributed by atoms with Crippen LogP contribution in [0.1, 0.15) is 40.2 Å². The van der Waals surface area contributed by atoms with Crippen molar-refractivity contribution in [3.8, 4) is 11.1 Å². The number of hydrazine groups is 1. The van der Waals surface area contributed by atoms with Gasteiger partial charge >= 0.3 is 0 Å². The molecule has 2 saturated heterocycles. The third-order valence-corrected chi connectivity index (χ3v) is 10.3. The quantitative estimate of drug-likeness (QED) is 0.330. The number of hydrogen-bond donors (Lipinski definition) is 1. The summed E-state index contributed by atoms with van der Waals surface area (Å²) in [5.41, 5.74) is 6.60. The van der Waals surface area contributed by atoms with Gasteiger partial charge in [-0.25, -0.2) is 9.99 Å². The summed E-state index contributed by atoms with van der Waals surface area (Å²) in [7, 11) is 1.76. The largest absolute Gasteiger partial charge is 0.392 e. The van der Waals surface area contributed by atoms with Crippen LogP contribution in [0, 0.1) is 0 Å². The summed E-state index contributed by atoms with van der Waals surface area (Å²) in [6.07, 6.45) is 7.93. The van der Waals surface area contributed by atoms with Crippen molar-refractivity contribution in [1.82, 2.24) is 24.0 Å². The van der Waals surface area contributed by atoms with E-state index in [-0.39, 0.29) is 18.1 Å². The highest BCUT2D eigenvalue weighted by Crippen LogP contribution is 2.37. The van der Waals surface area contributed by atoms with Gasteiger partial charge in [0.2, 0.25) is 0 Å². The highest BCUT2D eigenvalue weighted by atomic mass is 16.5. The Bertz CT molecular complexity index is 1860. The lowest BCUT2D eigenvalue weighted by molar-refractivity contribution is -0.0769. The monoisotopic (exact) mass is 635 g/mol. The Morgan fingerprint density at radius 1 is 0.957 bits per heavy atom. The Balaban J connectivity index is 1.17. The number of hydrogen-bond acceptors (Lipinski definition) is 8. The third kappa shape index (κ3) is 5.27. The Labute approximate surface area is 274 Å². The summed E-state index contributed by atoms with van der Waals surface area (Å²) in [6, 6.07) is 16.0. The molecule has 1 amide bonds. The van der Waals surface area contributed by atoms with Crippen LogP contribution in [0.4, 0.5) is 17.2 Å². The van der Waals surface area contributed by atoms with Gasteiger partial charge in [-0.1, -0.05) is 18.2 Å². The van der Waals surface area contributed by atoms with Crippen LogP contribution in [0.25, 0.3) is 11.1 Å². The van der Waals surface area contributed by atoms with Gasteiger partial charge in [-0.3, -0.25) is 19.5 Å². The first-order chi connectivity index (χ1) is 23.0. The van der Waals surface area contributed by atoms with Crippen molar-refractivity contribution < 1.29 is 14.6 Å². The van der Waals surface area contributed by atoms with Crippen molar-refractivity contribution in [3.63, 3.8) is 0 Å². The molecule has 0 spiro atoms. The van der Waals surface area contributed by atoms with E-state index >= 15 is 0 Å². The van der Waals surface area contributed by atoms with Gasteiger partial charge < -0.3 is 23.9 Å². The van der Waals surface area contributed by atoms with Gasteiger partial charge in [0.1, 0.15) is 17.2 Å². The summed E-state index contributed by atoms with van der Waals surface area (Å²) >= 11 is 0. The number of amides is 1. The van der Waals surface area contributed by atoms with Gasteiger partial charge in [-0.15, -0.1) is 0 Å². The van der Waals surface area contributed by atoms with E-state index in [1.54, 1.807) is 17.8 Å². The van der Waals surface area contributed by atoms with Crippen molar-refractivity contribution in [3.05, 3.63) is 93.8 Å². The molecule has 0 bridgehead atoms. The second-order valence-corrected chi connectivity index (χ2v) is 13.0. The number of ether oxygens (including phenoxy) is 1. The number of aromatic nitrogens is 3. The fraction of sp³-hybridized carbons (Fsp3) is 0.417. The topological polar surface area (TPSA) is 99.3 Å². The molecule has 6 heterocycles. The lowest BCUT2D eigenvalue weighted by Crippen LogP contribution is -2.59. The molecule has 4 aliphatic rings. The Hall–Kier alpha value is -4.29. The van der Waals surface area contributed by atoms with Crippen LogP contribution in [0.3, 0.4) is 0 Å². The van der Waals surface area contributed by atoms with E-state index in [1.807, 2.05) is 58.6 Å². The second kappa shape index (κ2) is 12.4. The molecule has 1 aromatic carbocycles. The van der Waals surface area contributed by atoms with E-state index in [2.05, 4.69) is 25.5 Å². The van der Waals surface area contributed by atoms with E-state index in [4.69, 9.17) is 4.74 Å². The number of rotatable bonds is 7. The molecule has 11 nitrogen and oxygen atoms in total. The molecule has 4 aromatic rings. The molecule has 244 valence electrons. The molecule has 11 heteroatoms. The number of carbonyl (C=O) groups is 1. The maximum atomic E-state index is 14.0. The fourth-order valence-electron chi connectivity index (χ4n) is 7.73. The zero-order chi connectivity index (χ0) is 32.1. The predicted octanol–water partition coefficient (Wildman–Crippen LogP) is 3.35. The molecular weight excluding hydrogens is 594 g/mol. The maximum absolute atomic E-state index is 14.0. The van der Waals surface area contributed by atoms with Crippen molar-refractivity contribution in [2.45, 2.75) is 44.9 Å². The fourth-order valence-corrected chi connectivity index (χ4v) is 7.73. The summed E-state index contributed by atoms with van der Waals surface area (Å²) in [4.78, 5) is 36.8. The Morgan fingerprint density at radius 3 is 2.53 bits per heavy atom. The molecule has 8 rings (SSSR count). The number of nitrogens with zero attached hydrogens (tertiary/aromatic N) is 7. The van der Waals surface area contributed by atoms with E-state index in [0.29, 0.717) is 35.3 Å². The van der Waals surface area contributed by atoms with Gasteiger partial charge in [-0.2, -0.15) is 0 Å². The van der Waals surface area contributed by atoms with Crippen LogP contribution in [0.15, 0.2) is 65.7 Å². The average Bonchev–Trinajstić information content (AvgIpc) is 3.47. The van der Waals surface area contributed by atoms with E-state index in [0.717, 1.165) is 88.4 Å². The summed E-state index contributed by atoms with van der Waals surface area (Å²) in [6.45, 7) is 5.77. The minimum Gasteiger partial charge on any atom is -0.392 e.